The van der Waals surface area contributed by atoms with E-state index in [2.05, 4.69) is 20.7 Å². The van der Waals surface area contributed by atoms with E-state index in [0.29, 0.717) is 18.9 Å². The van der Waals surface area contributed by atoms with Gasteiger partial charge in [0, 0.05) is 30.1 Å². The molecule has 0 saturated carbocycles. The van der Waals surface area contributed by atoms with Crippen LogP contribution in [0.2, 0.25) is 0 Å². The molecule has 0 spiro atoms. The first-order valence-electron chi connectivity index (χ1n) is 9.57. The molecule has 0 unspecified atom stereocenters. The van der Waals surface area contributed by atoms with Crippen LogP contribution in [0.15, 0.2) is 27.6 Å². The fraction of sp³-hybridized carbons (Fsp3) is 0.556. The van der Waals surface area contributed by atoms with Gasteiger partial charge < -0.3 is 10.0 Å². The summed E-state index contributed by atoms with van der Waals surface area (Å²) in [6.45, 7) is 0.654. The van der Waals surface area contributed by atoms with E-state index in [4.69, 9.17) is 0 Å². The molecule has 172 valence electrons. The number of sulfonamides is 1. The monoisotopic (exact) mass is 527 g/mol. The third kappa shape index (κ3) is 5.32. The number of alkyl halides is 3. The molecule has 0 aliphatic carbocycles. The Balaban J connectivity index is 1.66. The summed E-state index contributed by atoms with van der Waals surface area (Å²) in [5.74, 6) is -0.325. The lowest BCUT2D eigenvalue weighted by atomic mass is 10.0. The van der Waals surface area contributed by atoms with Gasteiger partial charge in [0.05, 0.1) is 10.5 Å². The maximum Gasteiger partial charge on any atom is 0.417 e. The van der Waals surface area contributed by atoms with E-state index in [1.165, 1.54) is 11.0 Å². The van der Waals surface area contributed by atoms with Crippen LogP contribution in [-0.4, -0.2) is 67.0 Å². The van der Waals surface area contributed by atoms with E-state index in [1.807, 2.05) is 0 Å². The van der Waals surface area contributed by atoms with Crippen LogP contribution in [0.25, 0.3) is 0 Å². The summed E-state index contributed by atoms with van der Waals surface area (Å²) in [7, 11) is -4.44. The van der Waals surface area contributed by atoms with Crippen LogP contribution >= 0.6 is 15.9 Å². The van der Waals surface area contributed by atoms with Crippen molar-refractivity contribution in [1.82, 2.24) is 14.5 Å². The van der Waals surface area contributed by atoms with E-state index < -0.39 is 44.8 Å². The number of amides is 2. The molecule has 2 N–H and O–H groups in total. The van der Waals surface area contributed by atoms with Gasteiger partial charge in [0.15, 0.2) is 0 Å². The normalized spacial score (nSPS) is 20.8. The number of hydrogen-bond donors (Lipinski definition) is 2. The number of nitrogens with zero attached hydrogens (tertiary/aromatic N) is 2. The molecule has 0 bridgehead atoms. The minimum atomic E-state index is -4.85. The van der Waals surface area contributed by atoms with Gasteiger partial charge in [-0.3, -0.25) is 9.69 Å². The molecule has 2 heterocycles. The first kappa shape index (κ1) is 23.8. The van der Waals surface area contributed by atoms with Gasteiger partial charge in [-0.05, 0) is 43.9 Å². The van der Waals surface area contributed by atoms with Crippen molar-refractivity contribution in [3.8, 4) is 0 Å². The fourth-order valence-corrected chi connectivity index (χ4v) is 5.80. The highest BCUT2D eigenvalue weighted by molar-refractivity contribution is 9.10. The summed E-state index contributed by atoms with van der Waals surface area (Å²) >= 11 is 2.92. The Morgan fingerprint density at radius 3 is 2.35 bits per heavy atom. The van der Waals surface area contributed by atoms with Crippen molar-refractivity contribution in [2.45, 2.75) is 48.8 Å². The maximum absolute atomic E-state index is 13.3. The van der Waals surface area contributed by atoms with Crippen molar-refractivity contribution >= 4 is 38.0 Å². The molecule has 1 aromatic carbocycles. The van der Waals surface area contributed by atoms with Crippen molar-refractivity contribution in [1.29, 1.82) is 0 Å². The predicted octanol–water partition coefficient (Wildman–Crippen LogP) is 2.88. The smallest absolute Gasteiger partial charge is 0.417 e. The van der Waals surface area contributed by atoms with Gasteiger partial charge in [0.2, 0.25) is 15.9 Å². The molecule has 2 amide bonds. The summed E-state index contributed by atoms with van der Waals surface area (Å²) in [4.78, 5) is 25.7. The Bertz CT molecular complexity index is 965. The van der Waals surface area contributed by atoms with Crippen LogP contribution in [-0.2, 0) is 21.0 Å². The zero-order valence-corrected chi connectivity index (χ0v) is 18.6. The Labute approximate surface area is 185 Å². The van der Waals surface area contributed by atoms with E-state index in [0.717, 1.165) is 11.0 Å². The Hall–Kier alpha value is -1.86. The summed E-state index contributed by atoms with van der Waals surface area (Å²) in [6, 6.07) is 1.45. The van der Waals surface area contributed by atoms with Crippen LogP contribution in [0, 0.1) is 0 Å². The van der Waals surface area contributed by atoms with Crippen molar-refractivity contribution in [2.24, 2.45) is 0 Å². The van der Waals surface area contributed by atoms with Gasteiger partial charge in [-0.25, -0.2) is 17.9 Å². The summed E-state index contributed by atoms with van der Waals surface area (Å²) in [5, 5.41) is 9.20. The molecular formula is C18H21BrF3N3O5S. The Morgan fingerprint density at radius 1 is 1.13 bits per heavy atom. The molecule has 2 aliphatic heterocycles. The van der Waals surface area contributed by atoms with E-state index in [9.17, 15) is 36.3 Å². The number of halogens is 4. The molecule has 2 aliphatic rings. The molecule has 2 saturated heterocycles. The van der Waals surface area contributed by atoms with Crippen molar-refractivity contribution in [3.05, 3.63) is 28.2 Å². The van der Waals surface area contributed by atoms with Gasteiger partial charge in [-0.2, -0.15) is 13.2 Å². The summed E-state index contributed by atoms with van der Waals surface area (Å²) in [6.07, 6.45) is -4.56. The lowest BCUT2D eigenvalue weighted by molar-refractivity contribution is -0.140. The number of benzene rings is 1. The Morgan fingerprint density at radius 2 is 1.77 bits per heavy atom. The first-order valence-corrected chi connectivity index (χ1v) is 11.8. The molecule has 1 atom stereocenters. The largest absolute Gasteiger partial charge is 0.465 e. The average Bonchev–Trinajstić information content (AvgIpc) is 3.17. The van der Waals surface area contributed by atoms with Gasteiger partial charge in [0.1, 0.15) is 6.04 Å². The van der Waals surface area contributed by atoms with Gasteiger partial charge in [-0.15, -0.1) is 0 Å². The summed E-state index contributed by atoms with van der Waals surface area (Å²) < 4.78 is 67.6. The molecule has 8 nitrogen and oxygen atoms in total. The summed E-state index contributed by atoms with van der Waals surface area (Å²) in [5.41, 5.74) is -1.27. The number of hydrogen-bond acceptors (Lipinski definition) is 4. The van der Waals surface area contributed by atoms with Crippen molar-refractivity contribution < 1.29 is 36.3 Å². The first-order chi connectivity index (χ1) is 14.4. The number of likely N-dealkylation sites (tertiary alicyclic amines) is 2. The van der Waals surface area contributed by atoms with Gasteiger partial charge >= 0.3 is 12.3 Å². The van der Waals surface area contributed by atoms with Crippen molar-refractivity contribution in [2.75, 3.05) is 19.6 Å². The lowest BCUT2D eigenvalue weighted by Crippen LogP contribution is -2.52. The van der Waals surface area contributed by atoms with Crippen LogP contribution < -0.4 is 4.72 Å². The molecule has 3 rings (SSSR count). The zero-order chi connectivity index (χ0) is 23.0. The molecule has 1 aromatic rings. The van der Waals surface area contributed by atoms with E-state index in [1.54, 1.807) is 0 Å². The SMILES string of the molecule is O=C([C@@H]1CCCN1C(=O)O)N1CCC(NS(=O)(=O)c2ccc(Br)cc2C(F)(F)F)CC1. The van der Waals surface area contributed by atoms with E-state index >= 15 is 0 Å². The third-order valence-corrected chi connectivity index (χ3v) is 7.52. The number of carbonyl (C=O) groups excluding carboxylic acids is 1. The topological polar surface area (TPSA) is 107 Å². The molecule has 13 heteroatoms. The second-order valence-electron chi connectivity index (χ2n) is 7.49. The molecular weight excluding hydrogens is 507 g/mol. The van der Waals surface area contributed by atoms with Crippen LogP contribution in [0.1, 0.15) is 31.2 Å². The van der Waals surface area contributed by atoms with Gasteiger partial charge in [-0.1, -0.05) is 15.9 Å². The van der Waals surface area contributed by atoms with Crippen LogP contribution in [0.5, 0.6) is 0 Å². The zero-order valence-electron chi connectivity index (χ0n) is 16.2. The number of nitrogens with one attached hydrogen (secondary N) is 1. The highest BCUT2D eigenvalue weighted by Gasteiger charge is 2.40. The predicted molar refractivity (Wildman–Crippen MR) is 107 cm³/mol. The molecule has 0 aromatic heterocycles. The number of carboxylic acid groups (broad SMARTS) is 1. The number of rotatable bonds is 4. The molecule has 0 radical (unpaired) electrons. The second kappa shape index (κ2) is 8.94. The number of carbonyl (C=O) groups is 2. The van der Waals surface area contributed by atoms with Crippen molar-refractivity contribution in [3.63, 3.8) is 0 Å². The molecule has 2 fully saturated rings. The third-order valence-electron chi connectivity index (χ3n) is 5.45. The second-order valence-corrected chi connectivity index (χ2v) is 10.1. The minimum absolute atomic E-state index is 0.105. The minimum Gasteiger partial charge on any atom is -0.465 e. The highest BCUT2D eigenvalue weighted by atomic mass is 79.9. The lowest BCUT2D eigenvalue weighted by Gasteiger charge is -2.35. The van der Waals surface area contributed by atoms with Crippen LogP contribution in [0.3, 0.4) is 0 Å². The fourth-order valence-electron chi connectivity index (χ4n) is 3.92. The standard InChI is InChI=1S/C18H21BrF3N3O5S/c19-11-3-4-15(13(10-11)18(20,21)22)31(29,30)23-12-5-8-24(9-6-12)16(26)14-2-1-7-25(14)17(27)28/h3-4,10,12,14,23H,1-2,5-9H2,(H,27,28)/t14-/m0/s1. The number of piperidine rings is 1. The van der Waals surface area contributed by atoms with Gasteiger partial charge in [0.25, 0.3) is 0 Å². The highest BCUT2D eigenvalue weighted by Crippen LogP contribution is 2.36. The van der Waals surface area contributed by atoms with E-state index in [-0.39, 0.29) is 42.9 Å². The molecule has 31 heavy (non-hydrogen) atoms. The Kier molecular flexibility index (Phi) is 6.87. The van der Waals surface area contributed by atoms with Crippen LogP contribution in [0.4, 0.5) is 18.0 Å². The average molecular weight is 528 g/mol. The quantitative estimate of drug-likeness (QED) is 0.626. The maximum atomic E-state index is 13.3.